The van der Waals surface area contributed by atoms with Crippen molar-refractivity contribution in [3.05, 3.63) is 52.7 Å². The summed E-state index contributed by atoms with van der Waals surface area (Å²) in [6.07, 6.45) is 0.465. The van der Waals surface area contributed by atoms with E-state index in [0.29, 0.717) is 35.4 Å². The van der Waals surface area contributed by atoms with Gasteiger partial charge in [-0.3, -0.25) is 0 Å². The Morgan fingerprint density at radius 3 is 2.83 bits per heavy atom. The third kappa shape index (κ3) is 4.30. The van der Waals surface area contributed by atoms with Gasteiger partial charge in [0, 0.05) is 23.7 Å². The number of thiophene rings is 1. The molecule has 0 fully saturated rings. The van der Waals surface area contributed by atoms with Gasteiger partial charge in [0.25, 0.3) is 0 Å². The molecule has 118 valence electrons. The molecule has 8 heteroatoms. The molecule has 6 nitrogen and oxygen atoms in total. The second-order valence-corrected chi connectivity index (χ2v) is 6.01. The summed E-state index contributed by atoms with van der Waals surface area (Å²) in [5.41, 5.74) is 0.671. The van der Waals surface area contributed by atoms with E-state index < -0.39 is 0 Å². The average Bonchev–Trinajstić information content (AvgIpc) is 3.20. The Labute approximate surface area is 141 Å². The standard InChI is InChI=1S/C15H13ClN4O2S/c16-10-3-5-11(6-4-10)18-15(21)17-8-7-13-19-14(20-22-13)12-2-1-9-23-12/h1-6,9H,7-8H2,(H2,17,18,21). The molecular formula is C15H13ClN4O2S. The summed E-state index contributed by atoms with van der Waals surface area (Å²) in [7, 11) is 0. The summed E-state index contributed by atoms with van der Waals surface area (Å²) in [6, 6.07) is 10.4. The lowest BCUT2D eigenvalue weighted by molar-refractivity contribution is 0.252. The van der Waals surface area contributed by atoms with E-state index in [-0.39, 0.29) is 6.03 Å². The van der Waals surface area contributed by atoms with Gasteiger partial charge in [-0.25, -0.2) is 4.79 Å². The molecule has 1 aromatic carbocycles. The average molecular weight is 349 g/mol. The Hall–Kier alpha value is -2.38. The van der Waals surface area contributed by atoms with Gasteiger partial charge in [-0.1, -0.05) is 22.8 Å². The van der Waals surface area contributed by atoms with Crippen molar-refractivity contribution in [2.75, 3.05) is 11.9 Å². The number of carbonyl (C=O) groups is 1. The van der Waals surface area contributed by atoms with Crippen molar-refractivity contribution in [3.63, 3.8) is 0 Å². The lowest BCUT2D eigenvalue weighted by Crippen LogP contribution is -2.30. The first-order chi connectivity index (χ1) is 11.2. The van der Waals surface area contributed by atoms with Crippen LogP contribution in [0.5, 0.6) is 0 Å². The summed E-state index contributed by atoms with van der Waals surface area (Å²) in [6.45, 7) is 0.394. The molecule has 23 heavy (non-hydrogen) atoms. The Balaban J connectivity index is 1.46. The summed E-state index contributed by atoms with van der Waals surface area (Å²) in [4.78, 5) is 17.0. The van der Waals surface area contributed by atoms with Crippen molar-refractivity contribution in [2.24, 2.45) is 0 Å². The number of aromatic nitrogens is 2. The lowest BCUT2D eigenvalue weighted by Gasteiger charge is -2.06. The van der Waals surface area contributed by atoms with Crippen molar-refractivity contribution in [3.8, 4) is 10.7 Å². The molecule has 0 aliphatic carbocycles. The van der Waals surface area contributed by atoms with Gasteiger partial charge in [-0.05, 0) is 35.7 Å². The summed E-state index contributed by atoms with van der Waals surface area (Å²) in [5, 5.41) is 11.9. The third-order valence-corrected chi connectivity index (χ3v) is 4.05. The van der Waals surface area contributed by atoms with Crippen LogP contribution < -0.4 is 10.6 Å². The van der Waals surface area contributed by atoms with Crippen molar-refractivity contribution in [2.45, 2.75) is 6.42 Å². The van der Waals surface area contributed by atoms with E-state index >= 15 is 0 Å². The minimum absolute atomic E-state index is 0.301. The molecule has 0 unspecified atom stereocenters. The van der Waals surface area contributed by atoms with Crippen molar-refractivity contribution >= 4 is 34.7 Å². The van der Waals surface area contributed by atoms with Gasteiger partial charge in [-0.15, -0.1) is 11.3 Å². The van der Waals surface area contributed by atoms with Crippen LogP contribution in [0.1, 0.15) is 5.89 Å². The van der Waals surface area contributed by atoms with Gasteiger partial charge in [-0.2, -0.15) is 4.98 Å². The van der Waals surface area contributed by atoms with Crippen LogP contribution in [0.4, 0.5) is 10.5 Å². The molecule has 2 amide bonds. The zero-order valence-electron chi connectivity index (χ0n) is 12.0. The number of nitrogens with zero attached hydrogens (tertiary/aromatic N) is 2. The largest absolute Gasteiger partial charge is 0.339 e. The monoisotopic (exact) mass is 348 g/mol. The minimum Gasteiger partial charge on any atom is -0.339 e. The molecule has 2 heterocycles. The van der Waals surface area contributed by atoms with Gasteiger partial charge in [0.1, 0.15) is 0 Å². The number of urea groups is 1. The Morgan fingerprint density at radius 1 is 1.26 bits per heavy atom. The molecule has 0 aliphatic rings. The van der Waals surface area contributed by atoms with Gasteiger partial charge in [0.15, 0.2) is 0 Å². The Morgan fingerprint density at radius 2 is 2.09 bits per heavy atom. The summed E-state index contributed by atoms with van der Waals surface area (Å²) in [5.74, 6) is 1.06. The van der Waals surface area contributed by atoms with E-state index in [4.69, 9.17) is 16.1 Å². The van der Waals surface area contributed by atoms with E-state index in [1.807, 2.05) is 17.5 Å². The SMILES string of the molecule is O=C(NCCc1nc(-c2cccs2)no1)Nc1ccc(Cl)cc1. The van der Waals surface area contributed by atoms with Crippen LogP contribution in [0.3, 0.4) is 0 Å². The quantitative estimate of drug-likeness (QED) is 0.734. The molecule has 0 atom stereocenters. The minimum atomic E-state index is -0.301. The summed E-state index contributed by atoms with van der Waals surface area (Å²) < 4.78 is 5.16. The van der Waals surface area contributed by atoms with Crippen molar-refractivity contribution in [1.82, 2.24) is 15.5 Å². The predicted molar refractivity (Wildman–Crippen MR) is 89.8 cm³/mol. The van der Waals surface area contributed by atoms with Gasteiger partial charge >= 0.3 is 6.03 Å². The highest BCUT2D eigenvalue weighted by Gasteiger charge is 2.09. The Kier molecular flexibility index (Phi) is 4.89. The van der Waals surface area contributed by atoms with Crippen molar-refractivity contribution < 1.29 is 9.32 Å². The molecule has 3 rings (SSSR count). The normalized spacial score (nSPS) is 10.5. The van der Waals surface area contributed by atoms with Crippen LogP contribution in [0.15, 0.2) is 46.3 Å². The topological polar surface area (TPSA) is 80.1 Å². The second kappa shape index (κ2) is 7.26. The molecule has 0 saturated carbocycles. The molecule has 2 aromatic heterocycles. The van der Waals surface area contributed by atoms with E-state index in [0.717, 1.165) is 4.88 Å². The maximum atomic E-state index is 11.8. The van der Waals surface area contributed by atoms with Crippen LogP contribution in [0, 0.1) is 0 Å². The van der Waals surface area contributed by atoms with Crippen LogP contribution in [-0.4, -0.2) is 22.7 Å². The second-order valence-electron chi connectivity index (χ2n) is 4.63. The highest BCUT2D eigenvalue weighted by atomic mass is 35.5. The fourth-order valence-corrected chi connectivity index (χ4v) is 2.63. The van der Waals surface area contributed by atoms with Crippen LogP contribution >= 0.6 is 22.9 Å². The molecule has 0 spiro atoms. The highest BCUT2D eigenvalue weighted by molar-refractivity contribution is 7.13. The van der Waals surface area contributed by atoms with Gasteiger partial charge < -0.3 is 15.2 Å². The third-order valence-electron chi connectivity index (χ3n) is 2.94. The van der Waals surface area contributed by atoms with Crippen LogP contribution in [0.25, 0.3) is 10.7 Å². The number of halogens is 1. The molecular weight excluding hydrogens is 336 g/mol. The van der Waals surface area contributed by atoms with Crippen molar-refractivity contribution in [1.29, 1.82) is 0 Å². The zero-order valence-corrected chi connectivity index (χ0v) is 13.5. The van der Waals surface area contributed by atoms with E-state index in [9.17, 15) is 4.79 Å². The number of nitrogens with one attached hydrogen (secondary N) is 2. The first kappa shape index (κ1) is 15.5. The molecule has 2 N–H and O–H groups in total. The maximum Gasteiger partial charge on any atom is 0.319 e. The fraction of sp³-hybridized carbons (Fsp3) is 0.133. The van der Waals surface area contributed by atoms with E-state index in [1.165, 1.54) is 0 Å². The number of hydrogen-bond donors (Lipinski definition) is 2. The fourth-order valence-electron chi connectivity index (χ4n) is 1.85. The molecule has 0 saturated heterocycles. The summed E-state index contributed by atoms with van der Waals surface area (Å²) >= 11 is 7.33. The first-order valence-corrected chi connectivity index (χ1v) is 8.13. The molecule has 3 aromatic rings. The molecule has 0 radical (unpaired) electrons. The number of rotatable bonds is 5. The van der Waals surface area contributed by atoms with Crippen LogP contribution in [0.2, 0.25) is 5.02 Å². The number of carbonyl (C=O) groups excluding carboxylic acids is 1. The molecule has 0 bridgehead atoms. The van der Waals surface area contributed by atoms with E-state index in [1.54, 1.807) is 35.6 Å². The smallest absolute Gasteiger partial charge is 0.319 e. The number of benzene rings is 1. The van der Waals surface area contributed by atoms with Gasteiger partial charge in [0.05, 0.1) is 4.88 Å². The molecule has 0 aliphatic heterocycles. The number of amides is 2. The van der Waals surface area contributed by atoms with Gasteiger partial charge in [0.2, 0.25) is 11.7 Å². The van der Waals surface area contributed by atoms with E-state index in [2.05, 4.69) is 20.8 Å². The highest BCUT2D eigenvalue weighted by Crippen LogP contribution is 2.21. The lowest BCUT2D eigenvalue weighted by atomic mass is 10.3. The Bertz CT molecular complexity index is 771. The van der Waals surface area contributed by atoms with Crippen LogP contribution in [-0.2, 0) is 6.42 Å². The predicted octanol–water partition coefficient (Wildman–Crippen LogP) is 3.82. The number of anilines is 1. The first-order valence-electron chi connectivity index (χ1n) is 6.87. The zero-order chi connectivity index (χ0) is 16.1. The maximum absolute atomic E-state index is 11.8. The number of hydrogen-bond acceptors (Lipinski definition) is 5.